The molecule has 0 aliphatic carbocycles. The first kappa shape index (κ1) is 13.2. The maximum atomic E-state index is 11.7. The van der Waals surface area contributed by atoms with Gasteiger partial charge in [0.05, 0.1) is 11.3 Å². The number of carboxylic acid groups (broad SMARTS) is 2. The van der Waals surface area contributed by atoms with E-state index in [1.165, 1.54) is 11.3 Å². The molecule has 0 aliphatic heterocycles. The number of carbonyl (C=O) groups is 3. The van der Waals surface area contributed by atoms with Crippen molar-refractivity contribution in [3.63, 3.8) is 0 Å². The molecule has 1 rings (SSSR count). The second kappa shape index (κ2) is 5.44. The summed E-state index contributed by atoms with van der Waals surface area (Å²) in [6.07, 6.45) is -0.647. The van der Waals surface area contributed by atoms with Crippen LogP contribution in [0.5, 0.6) is 0 Å². The lowest BCUT2D eigenvalue weighted by Crippen LogP contribution is -2.42. The van der Waals surface area contributed by atoms with Crippen molar-refractivity contribution in [1.29, 1.82) is 0 Å². The summed E-state index contributed by atoms with van der Waals surface area (Å²) >= 11 is 1.18. The van der Waals surface area contributed by atoms with E-state index < -0.39 is 30.3 Å². The van der Waals surface area contributed by atoms with Crippen LogP contribution >= 0.6 is 11.3 Å². The zero-order valence-corrected chi connectivity index (χ0v) is 9.78. The van der Waals surface area contributed by atoms with E-state index in [0.717, 1.165) is 5.56 Å². The van der Waals surface area contributed by atoms with E-state index in [-0.39, 0.29) is 0 Å². The zero-order valence-electron chi connectivity index (χ0n) is 8.97. The van der Waals surface area contributed by atoms with Gasteiger partial charge in [0.15, 0.2) is 0 Å². The van der Waals surface area contributed by atoms with Crippen molar-refractivity contribution in [2.75, 3.05) is 0 Å². The second-order valence-corrected chi connectivity index (χ2v) is 4.31. The third-order valence-electron chi connectivity index (χ3n) is 2.05. The van der Waals surface area contributed by atoms with Crippen molar-refractivity contribution >= 4 is 29.2 Å². The van der Waals surface area contributed by atoms with Gasteiger partial charge in [0.1, 0.15) is 6.04 Å². The van der Waals surface area contributed by atoms with E-state index >= 15 is 0 Å². The molecular weight excluding hydrogens is 246 g/mol. The standard InChI is InChI=1S/C10H11NO5S/c1-5-2-3-17-8(5)9(14)11-6(10(15)16)4-7(12)13/h2-3,6H,4H2,1H3,(H,11,14)(H,12,13)(H,15,16). The fourth-order valence-corrected chi connectivity index (χ4v) is 2.03. The largest absolute Gasteiger partial charge is 0.481 e. The molecule has 1 aromatic heterocycles. The van der Waals surface area contributed by atoms with Gasteiger partial charge < -0.3 is 15.5 Å². The van der Waals surface area contributed by atoms with Crippen LogP contribution in [0.4, 0.5) is 0 Å². The lowest BCUT2D eigenvalue weighted by Gasteiger charge is -2.11. The minimum absolute atomic E-state index is 0.390. The summed E-state index contributed by atoms with van der Waals surface area (Å²) in [4.78, 5) is 33.2. The molecule has 0 aliphatic rings. The molecule has 1 heterocycles. The Balaban J connectivity index is 2.74. The Morgan fingerprint density at radius 1 is 1.41 bits per heavy atom. The van der Waals surface area contributed by atoms with Gasteiger partial charge in [0, 0.05) is 0 Å². The molecule has 0 spiro atoms. The summed E-state index contributed by atoms with van der Waals surface area (Å²) in [6, 6.07) is 0.313. The van der Waals surface area contributed by atoms with E-state index in [9.17, 15) is 14.4 Å². The number of carboxylic acids is 2. The third-order valence-corrected chi connectivity index (χ3v) is 3.07. The van der Waals surface area contributed by atoms with Crippen molar-refractivity contribution in [2.45, 2.75) is 19.4 Å². The van der Waals surface area contributed by atoms with Gasteiger partial charge in [-0.05, 0) is 23.9 Å². The first-order valence-corrected chi connectivity index (χ1v) is 5.59. The van der Waals surface area contributed by atoms with Crippen molar-refractivity contribution in [1.82, 2.24) is 5.32 Å². The molecule has 92 valence electrons. The van der Waals surface area contributed by atoms with Gasteiger partial charge in [-0.15, -0.1) is 11.3 Å². The van der Waals surface area contributed by atoms with E-state index in [2.05, 4.69) is 5.32 Å². The van der Waals surface area contributed by atoms with Gasteiger partial charge in [-0.3, -0.25) is 9.59 Å². The van der Waals surface area contributed by atoms with Crippen LogP contribution in [0.25, 0.3) is 0 Å². The minimum Gasteiger partial charge on any atom is -0.481 e. The highest BCUT2D eigenvalue weighted by atomic mass is 32.1. The first-order chi connectivity index (χ1) is 7.91. The van der Waals surface area contributed by atoms with Crippen molar-refractivity contribution in [3.8, 4) is 0 Å². The molecule has 1 unspecified atom stereocenters. The van der Waals surface area contributed by atoms with E-state index in [1.54, 1.807) is 18.4 Å². The molecule has 0 radical (unpaired) electrons. The number of rotatable bonds is 5. The Hall–Kier alpha value is -1.89. The average Bonchev–Trinajstić information content (AvgIpc) is 2.62. The zero-order chi connectivity index (χ0) is 13.0. The summed E-state index contributed by atoms with van der Waals surface area (Å²) < 4.78 is 0. The van der Waals surface area contributed by atoms with Crippen LogP contribution in [0.3, 0.4) is 0 Å². The predicted octanol–water partition coefficient (Wildman–Crippen LogP) is 0.714. The molecule has 0 saturated carbocycles. The van der Waals surface area contributed by atoms with Crippen LogP contribution in [0.2, 0.25) is 0 Å². The summed E-state index contributed by atoms with van der Waals surface area (Å²) in [6.45, 7) is 1.72. The van der Waals surface area contributed by atoms with Crippen LogP contribution in [0.1, 0.15) is 21.7 Å². The average molecular weight is 257 g/mol. The smallest absolute Gasteiger partial charge is 0.326 e. The normalized spacial score (nSPS) is 11.8. The van der Waals surface area contributed by atoms with E-state index in [1.807, 2.05) is 0 Å². The molecule has 1 atom stereocenters. The highest BCUT2D eigenvalue weighted by Crippen LogP contribution is 2.15. The fourth-order valence-electron chi connectivity index (χ4n) is 1.20. The molecule has 0 bridgehead atoms. The summed E-state index contributed by atoms with van der Waals surface area (Å²) in [5.41, 5.74) is 0.729. The molecule has 17 heavy (non-hydrogen) atoms. The number of hydrogen-bond donors (Lipinski definition) is 3. The van der Waals surface area contributed by atoms with E-state index in [0.29, 0.717) is 4.88 Å². The molecule has 7 heteroatoms. The summed E-state index contributed by atoms with van der Waals surface area (Å²) in [5, 5.41) is 21.2. The highest BCUT2D eigenvalue weighted by Gasteiger charge is 2.24. The molecule has 1 aromatic rings. The Labute approximate surface area is 101 Å². The van der Waals surface area contributed by atoms with Crippen LogP contribution in [0, 0.1) is 6.92 Å². The SMILES string of the molecule is Cc1ccsc1C(=O)NC(CC(=O)O)C(=O)O. The fraction of sp³-hybridized carbons (Fsp3) is 0.300. The Morgan fingerprint density at radius 3 is 2.47 bits per heavy atom. The highest BCUT2D eigenvalue weighted by molar-refractivity contribution is 7.12. The van der Waals surface area contributed by atoms with Gasteiger partial charge >= 0.3 is 11.9 Å². The lowest BCUT2D eigenvalue weighted by atomic mass is 10.2. The van der Waals surface area contributed by atoms with Gasteiger partial charge in [0.25, 0.3) is 5.91 Å². The van der Waals surface area contributed by atoms with Crippen LogP contribution in [-0.4, -0.2) is 34.1 Å². The predicted molar refractivity (Wildman–Crippen MR) is 60.2 cm³/mol. The second-order valence-electron chi connectivity index (χ2n) is 3.39. The minimum atomic E-state index is -1.42. The van der Waals surface area contributed by atoms with Gasteiger partial charge in [0.2, 0.25) is 0 Å². The number of hydrogen-bond acceptors (Lipinski definition) is 4. The van der Waals surface area contributed by atoms with Gasteiger partial charge in [-0.2, -0.15) is 0 Å². The molecule has 3 N–H and O–H groups in total. The van der Waals surface area contributed by atoms with Crippen LogP contribution in [-0.2, 0) is 9.59 Å². The van der Waals surface area contributed by atoms with Crippen LogP contribution < -0.4 is 5.32 Å². The van der Waals surface area contributed by atoms with Gasteiger partial charge in [-0.25, -0.2) is 4.79 Å². The third kappa shape index (κ3) is 3.56. The molecule has 0 fully saturated rings. The van der Waals surface area contributed by atoms with E-state index in [4.69, 9.17) is 10.2 Å². The van der Waals surface area contributed by atoms with Gasteiger partial charge in [-0.1, -0.05) is 0 Å². The molecule has 0 aromatic carbocycles. The number of aryl methyl sites for hydroxylation is 1. The van der Waals surface area contributed by atoms with Crippen molar-refractivity contribution in [3.05, 3.63) is 21.9 Å². The monoisotopic (exact) mass is 257 g/mol. The quantitative estimate of drug-likeness (QED) is 0.720. The Morgan fingerprint density at radius 2 is 2.06 bits per heavy atom. The number of thiophene rings is 1. The molecule has 1 amide bonds. The number of carbonyl (C=O) groups excluding carboxylic acids is 1. The molecular formula is C10H11NO5S. The topological polar surface area (TPSA) is 104 Å². The summed E-state index contributed by atoms with van der Waals surface area (Å²) in [5.74, 6) is -3.21. The first-order valence-electron chi connectivity index (χ1n) is 4.71. The lowest BCUT2D eigenvalue weighted by molar-refractivity contribution is -0.145. The number of nitrogens with one attached hydrogen (secondary N) is 1. The maximum absolute atomic E-state index is 11.7. The maximum Gasteiger partial charge on any atom is 0.326 e. The van der Waals surface area contributed by atoms with Crippen molar-refractivity contribution in [2.24, 2.45) is 0 Å². The van der Waals surface area contributed by atoms with Crippen LogP contribution in [0.15, 0.2) is 11.4 Å². The molecule has 6 nitrogen and oxygen atoms in total. The Kier molecular flexibility index (Phi) is 4.22. The number of amides is 1. The van der Waals surface area contributed by atoms with Crippen molar-refractivity contribution < 1.29 is 24.6 Å². The number of aliphatic carboxylic acids is 2. The Bertz CT molecular complexity index is 453. The summed E-state index contributed by atoms with van der Waals surface area (Å²) in [7, 11) is 0. The molecule has 0 saturated heterocycles.